The summed E-state index contributed by atoms with van der Waals surface area (Å²) in [7, 11) is 0. The van der Waals surface area contributed by atoms with Crippen LogP contribution < -0.4 is 5.48 Å². The maximum Gasteiger partial charge on any atom is 0.149 e. The Labute approximate surface area is 142 Å². The number of allylic oxidation sites excluding steroid dienone is 1. The highest BCUT2D eigenvalue weighted by Crippen LogP contribution is 2.31. The van der Waals surface area contributed by atoms with Crippen LogP contribution in [0.15, 0.2) is 48.6 Å². The first-order valence-corrected chi connectivity index (χ1v) is 8.04. The van der Waals surface area contributed by atoms with E-state index in [2.05, 4.69) is 19.6 Å². The highest BCUT2D eigenvalue weighted by atomic mass is 16.5. The summed E-state index contributed by atoms with van der Waals surface area (Å²) in [5.41, 5.74) is 7.64. The summed E-state index contributed by atoms with van der Waals surface area (Å²) in [5.74, 6) is 0.194. The number of rotatable bonds is 6. The lowest BCUT2D eigenvalue weighted by Crippen LogP contribution is -2.21. The molecular formula is C20H24N2O2. The topological polar surface area (TPSA) is 76.3 Å². The molecule has 2 aromatic rings. The van der Waals surface area contributed by atoms with Crippen LogP contribution in [0.3, 0.4) is 0 Å². The van der Waals surface area contributed by atoms with E-state index in [1.54, 1.807) is 12.1 Å². The Balaban J connectivity index is 2.71. The van der Waals surface area contributed by atoms with Crippen LogP contribution in [0, 0.1) is 5.41 Å². The van der Waals surface area contributed by atoms with Crippen LogP contribution in [0.4, 0.5) is 0 Å². The third kappa shape index (κ3) is 4.03. The summed E-state index contributed by atoms with van der Waals surface area (Å²) in [5, 5.41) is 26.8. The first kappa shape index (κ1) is 17.8. The fourth-order valence-electron chi connectivity index (χ4n) is 2.84. The van der Waals surface area contributed by atoms with Gasteiger partial charge < -0.3 is 5.11 Å². The first-order chi connectivity index (χ1) is 11.5. The van der Waals surface area contributed by atoms with Gasteiger partial charge in [-0.15, -0.1) is 0 Å². The van der Waals surface area contributed by atoms with Gasteiger partial charge in [0.2, 0.25) is 0 Å². The molecule has 0 saturated heterocycles. The third-order valence-corrected chi connectivity index (χ3v) is 3.89. The Bertz CT molecular complexity index is 749. The molecule has 0 fully saturated rings. The molecule has 2 rings (SSSR count). The molecule has 0 aliphatic carbocycles. The SMILES string of the molecule is C=C(C)Cc1c(C(=N)NO)cc(CCC)cc1-c1ccc(O)cc1. The third-order valence-electron chi connectivity index (χ3n) is 3.89. The molecule has 0 atom stereocenters. The van der Waals surface area contributed by atoms with Gasteiger partial charge in [0.1, 0.15) is 11.6 Å². The maximum absolute atomic E-state index is 9.55. The molecule has 126 valence electrons. The largest absolute Gasteiger partial charge is 0.508 e. The Morgan fingerprint density at radius 2 is 1.88 bits per heavy atom. The van der Waals surface area contributed by atoms with Gasteiger partial charge in [0.25, 0.3) is 0 Å². The summed E-state index contributed by atoms with van der Waals surface area (Å²) in [6.45, 7) is 8.04. The number of amidine groups is 1. The van der Waals surface area contributed by atoms with Crippen molar-refractivity contribution in [2.24, 2.45) is 0 Å². The number of hydroxylamine groups is 1. The van der Waals surface area contributed by atoms with E-state index in [0.29, 0.717) is 12.0 Å². The Hall–Kier alpha value is -2.59. The van der Waals surface area contributed by atoms with E-state index in [0.717, 1.165) is 40.7 Å². The van der Waals surface area contributed by atoms with Crippen LogP contribution in [0.5, 0.6) is 5.75 Å². The van der Waals surface area contributed by atoms with Crippen molar-refractivity contribution in [3.05, 3.63) is 65.2 Å². The molecule has 0 amide bonds. The normalized spacial score (nSPS) is 10.5. The van der Waals surface area contributed by atoms with Gasteiger partial charge in [0.15, 0.2) is 0 Å². The van der Waals surface area contributed by atoms with Gasteiger partial charge in [0.05, 0.1) is 0 Å². The number of aryl methyl sites for hydroxylation is 1. The second-order valence-corrected chi connectivity index (χ2v) is 6.09. The quantitative estimate of drug-likeness (QED) is 0.275. The number of hydrogen-bond donors (Lipinski definition) is 4. The predicted molar refractivity (Wildman–Crippen MR) is 97.8 cm³/mol. The highest BCUT2D eigenvalue weighted by Gasteiger charge is 2.16. The molecule has 0 aliphatic rings. The van der Waals surface area contributed by atoms with Crippen molar-refractivity contribution in [3.8, 4) is 16.9 Å². The fraction of sp³-hybridized carbons (Fsp3) is 0.250. The number of phenols is 1. The average molecular weight is 324 g/mol. The minimum atomic E-state index is -0.0239. The van der Waals surface area contributed by atoms with E-state index >= 15 is 0 Å². The molecule has 0 aliphatic heterocycles. The Morgan fingerprint density at radius 1 is 1.21 bits per heavy atom. The monoisotopic (exact) mass is 324 g/mol. The zero-order valence-corrected chi connectivity index (χ0v) is 14.2. The van der Waals surface area contributed by atoms with Crippen LogP contribution in [-0.2, 0) is 12.8 Å². The zero-order chi connectivity index (χ0) is 17.7. The maximum atomic E-state index is 9.55. The average Bonchev–Trinajstić information content (AvgIpc) is 2.55. The molecule has 0 bridgehead atoms. The van der Waals surface area contributed by atoms with E-state index in [4.69, 9.17) is 5.41 Å². The van der Waals surface area contributed by atoms with Gasteiger partial charge in [-0.2, -0.15) is 0 Å². The Morgan fingerprint density at radius 3 is 2.42 bits per heavy atom. The number of nitrogens with one attached hydrogen (secondary N) is 2. The summed E-state index contributed by atoms with van der Waals surface area (Å²) >= 11 is 0. The molecule has 4 nitrogen and oxygen atoms in total. The number of phenolic OH excluding ortho intramolecular Hbond substituents is 1. The van der Waals surface area contributed by atoms with Crippen molar-refractivity contribution >= 4 is 5.84 Å². The van der Waals surface area contributed by atoms with E-state index < -0.39 is 0 Å². The predicted octanol–water partition coefficient (Wildman–Crippen LogP) is 4.43. The molecule has 0 radical (unpaired) electrons. The van der Waals surface area contributed by atoms with Crippen molar-refractivity contribution in [3.63, 3.8) is 0 Å². The van der Waals surface area contributed by atoms with Gasteiger partial charge in [-0.3, -0.25) is 16.1 Å². The molecule has 0 spiro atoms. The van der Waals surface area contributed by atoms with Crippen molar-refractivity contribution in [1.29, 1.82) is 5.41 Å². The van der Waals surface area contributed by atoms with Crippen molar-refractivity contribution in [2.45, 2.75) is 33.1 Å². The number of hydrogen-bond acceptors (Lipinski definition) is 3. The van der Waals surface area contributed by atoms with Crippen molar-refractivity contribution in [2.75, 3.05) is 0 Å². The molecule has 4 heteroatoms. The summed E-state index contributed by atoms with van der Waals surface area (Å²) < 4.78 is 0. The van der Waals surface area contributed by atoms with Crippen molar-refractivity contribution in [1.82, 2.24) is 5.48 Å². The van der Waals surface area contributed by atoms with Crippen molar-refractivity contribution < 1.29 is 10.3 Å². The summed E-state index contributed by atoms with van der Waals surface area (Å²) in [4.78, 5) is 0. The second kappa shape index (κ2) is 7.79. The second-order valence-electron chi connectivity index (χ2n) is 6.09. The zero-order valence-electron chi connectivity index (χ0n) is 14.2. The Kier molecular flexibility index (Phi) is 5.77. The van der Waals surface area contributed by atoms with E-state index in [1.807, 2.05) is 30.6 Å². The lowest BCUT2D eigenvalue weighted by molar-refractivity contribution is 0.234. The van der Waals surface area contributed by atoms with Gasteiger partial charge in [-0.1, -0.05) is 43.7 Å². The minimum absolute atomic E-state index is 0.0239. The van der Waals surface area contributed by atoms with Crippen LogP contribution in [0.2, 0.25) is 0 Å². The standard InChI is InChI=1S/C20H24N2O2/c1-4-5-14-11-17(15-6-8-16(23)9-7-15)18(10-13(2)3)19(12-14)20(21)22-24/h6-9,11-12,23-24H,2,4-5,10H2,1,3H3,(H2,21,22). The molecular weight excluding hydrogens is 300 g/mol. The smallest absolute Gasteiger partial charge is 0.149 e. The number of aromatic hydroxyl groups is 1. The van der Waals surface area contributed by atoms with Crippen LogP contribution >= 0.6 is 0 Å². The molecule has 0 heterocycles. The van der Waals surface area contributed by atoms with E-state index in [1.165, 1.54) is 0 Å². The lowest BCUT2D eigenvalue weighted by Gasteiger charge is -2.18. The summed E-state index contributed by atoms with van der Waals surface area (Å²) in [6.07, 6.45) is 2.50. The van der Waals surface area contributed by atoms with Gasteiger partial charge in [0, 0.05) is 5.56 Å². The molecule has 4 N–H and O–H groups in total. The van der Waals surface area contributed by atoms with Gasteiger partial charge in [-0.25, -0.2) is 0 Å². The highest BCUT2D eigenvalue weighted by molar-refractivity contribution is 5.99. The molecule has 0 aromatic heterocycles. The van der Waals surface area contributed by atoms with Crippen LogP contribution in [-0.4, -0.2) is 16.1 Å². The molecule has 24 heavy (non-hydrogen) atoms. The van der Waals surface area contributed by atoms with Gasteiger partial charge in [-0.05, 0) is 60.2 Å². The molecule has 0 saturated carbocycles. The fourth-order valence-corrected chi connectivity index (χ4v) is 2.84. The van der Waals surface area contributed by atoms with Crippen LogP contribution in [0.1, 0.15) is 37.0 Å². The minimum Gasteiger partial charge on any atom is -0.508 e. The summed E-state index contributed by atoms with van der Waals surface area (Å²) in [6, 6.07) is 11.1. The van der Waals surface area contributed by atoms with Crippen LogP contribution in [0.25, 0.3) is 11.1 Å². The van der Waals surface area contributed by atoms with E-state index in [9.17, 15) is 10.3 Å². The lowest BCUT2D eigenvalue weighted by atomic mass is 9.88. The van der Waals surface area contributed by atoms with E-state index in [-0.39, 0.29) is 11.6 Å². The number of benzene rings is 2. The molecule has 0 unspecified atom stereocenters. The first-order valence-electron chi connectivity index (χ1n) is 8.04. The van der Waals surface area contributed by atoms with Gasteiger partial charge >= 0.3 is 0 Å². The molecule has 2 aromatic carbocycles.